The van der Waals surface area contributed by atoms with Gasteiger partial charge in [-0.15, -0.1) is 0 Å². The van der Waals surface area contributed by atoms with Gasteiger partial charge in [-0.05, 0) is 30.2 Å². The van der Waals surface area contributed by atoms with E-state index in [-0.39, 0.29) is 0 Å². The molecule has 0 atom stereocenters. The molecule has 2 aromatic rings. The van der Waals surface area contributed by atoms with Crippen LogP contribution in [0.3, 0.4) is 0 Å². The Bertz CT molecular complexity index is 518. The van der Waals surface area contributed by atoms with E-state index in [0.29, 0.717) is 11.5 Å². The molecule has 0 saturated carbocycles. The molecule has 18 heavy (non-hydrogen) atoms. The lowest BCUT2D eigenvalue weighted by Crippen LogP contribution is -2.02. The number of allylic oxidation sites excluding steroid dienone is 1. The largest absolute Gasteiger partial charge is 0.290 e. The van der Waals surface area contributed by atoms with E-state index in [1.807, 2.05) is 54.6 Å². The van der Waals surface area contributed by atoms with E-state index < -0.39 is 0 Å². The Morgan fingerprint density at radius 3 is 2.33 bits per heavy atom. The molecule has 0 unspecified atom stereocenters. The van der Waals surface area contributed by atoms with Crippen LogP contribution in [0.2, 0.25) is 0 Å². The highest BCUT2D eigenvalue weighted by atomic mass is 17.2. The van der Waals surface area contributed by atoms with Gasteiger partial charge in [0, 0.05) is 5.56 Å². The lowest BCUT2D eigenvalue weighted by atomic mass is 10.0. The molecule has 0 aromatic heterocycles. The molecule has 0 saturated heterocycles. The molecule has 0 fully saturated rings. The van der Waals surface area contributed by atoms with Crippen LogP contribution in [0.25, 0.3) is 5.57 Å². The maximum Gasteiger partial charge on any atom is 0.186 e. The highest BCUT2D eigenvalue weighted by Crippen LogP contribution is 2.27. The molecule has 0 aliphatic heterocycles. The summed E-state index contributed by atoms with van der Waals surface area (Å²) in [7, 11) is 0. The van der Waals surface area contributed by atoms with Gasteiger partial charge in [0.25, 0.3) is 0 Å². The van der Waals surface area contributed by atoms with Gasteiger partial charge >= 0.3 is 0 Å². The van der Waals surface area contributed by atoms with Crippen molar-refractivity contribution in [3.63, 3.8) is 0 Å². The van der Waals surface area contributed by atoms with E-state index in [1.165, 1.54) is 0 Å². The maximum atomic E-state index is 5.39. The Balaban J connectivity index is 2.12. The SMILES string of the molecule is C=C(CC)c1ccccc1OOc1ccccc1. The fraction of sp³-hybridized carbons (Fsp3) is 0.125. The molecule has 2 heteroatoms. The molecule has 2 rings (SSSR count). The standard InChI is InChI=1S/C16H16O2/c1-3-13(2)15-11-7-8-12-16(15)18-17-14-9-5-4-6-10-14/h4-12H,2-3H2,1H3. The summed E-state index contributed by atoms with van der Waals surface area (Å²) in [6, 6.07) is 17.1. The monoisotopic (exact) mass is 240 g/mol. The number of hydrogen-bond acceptors (Lipinski definition) is 2. The van der Waals surface area contributed by atoms with Crippen LogP contribution in [0, 0.1) is 0 Å². The minimum absolute atomic E-state index is 0.675. The van der Waals surface area contributed by atoms with Crippen LogP contribution in [0.15, 0.2) is 61.2 Å². The Labute approximate surface area is 107 Å². The fourth-order valence-electron chi connectivity index (χ4n) is 1.59. The summed E-state index contributed by atoms with van der Waals surface area (Å²) in [5, 5.41) is 0. The lowest BCUT2D eigenvalue weighted by molar-refractivity contribution is -0.100. The molecule has 0 aliphatic rings. The third-order valence-corrected chi connectivity index (χ3v) is 2.67. The van der Waals surface area contributed by atoms with Crippen molar-refractivity contribution >= 4 is 5.57 Å². The van der Waals surface area contributed by atoms with Crippen molar-refractivity contribution in [3.05, 3.63) is 66.7 Å². The second-order valence-electron chi connectivity index (χ2n) is 3.93. The summed E-state index contributed by atoms with van der Waals surface area (Å²) in [6.07, 6.45) is 0.881. The third-order valence-electron chi connectivity index (χ3n) is 2.67. The van der Waals surface area contributed by atoms with E-state index in [1.54, 1.807) is 0 Å². The van der Waals surface area contributed by atoms with Crippen molar-refractivity contribution in [1.82, 2.24) is 0 Å². The summed E-state index contributed by atoms with van der Waals surface area (Å²) in [4.78, 5) is 10.7. The molecule has 2 nitrogen and oxygen atoms in total. The molecule has 0 spiro atoms. The van der Waals surface area contributed by atoms with Crippen molar-refractivity contribution in [3.8, 4) is 11.5 Å². The summed E-state index contributed by atoms with van der Waals surface area (Å²) >= 11 is 0. The van der Waals surface area contributed by atoms with E-state index in [4.69, 9.17) is 9.78 Å². The molecule has 0 amide bonds. The highest BCUT2D eigenvalue weighted by Gasteiger charge is 2.06. The van der Waals surface area contributed by atoms with Crippen molar-refractivity contribution < 1.29 is 9.78 Å². The average Bonchev–Trinajstić information content (AvgIpc) is 2.45. The van der Waals surface area contributed by atoms with Crippen LogP contribution in [0.5, 0.6) is 11.5 Å². The first-order chi connectivity index (χ1) is 8.81. The summed E-state index contributed by atoms with van der Waals surface area (Å²) < 4.78 is 0. The molecule has 0 radical (unpaired) electrons. The topological polar surface area (TPSA) is 18.5 Å². The van der Waals surface area contributed by atoms with E-state index in [2.05, 4.69) is 13.5 Å². The third kappa shape index (κ3) is 2.92. The average molecular weight is 240 g/mol. The summed E-state index contributed by atoms with van der Waals surface area (Å²) in [5.74, 6) is 1.36. The predicted octanol–water partition coefficient (Wildman–Crippen LogP) is 4.48. The Morgan fingerprint density at radius 2 is 1.61 bits per heavy atom. The van der Waals surface area contributed by atoms with Gasteiger partial charge in [-0.1, -0.05) is 49.9 Å². The second kappa shape index (κ2) is 5.92. The predicted molar refractivity (Wildman–Crippen MR) is 73.5 cm³/mol. The van der Waals surface area contributed by atoms with E-state index >= 15 is 0 Å². The van der Waals surface area contributed by atoms with Crippen LogP contribution in [-0.4, -0.2) is 0 Å². The Morgan fingerprint density at radius 1 is 0.944 bits per heavy atom. The molecule has 92 valence electrons. The molecular weight excluding hydrogens is 224 g/mol. The van der Waals surface area contributed by atoms with Gasteiger partial charge in [0.2, 0.25) is 0 Å². The molecular formula is C16H16O2. The summed E-state index contributed by atoms with van der Waals surface area (Å²) in [5.41, 5.74) is 2.01. The minimum atomic E-state index is 0.675. The zero-order valence-electron chi connectivity index (χ0n) is 10.4. The van der Waals surface area contributed by atoms with Crippen LogP contribution in [-0.2, 0) is 0 Å². The van der Waals surface area contributed by atoms with Crippen LogP contribution >= 0.6 is 0 Å². The quantitative estimate of drug-likeness (QED) is 0.566. The minimum Gasteiger partial charge on any atom is -0.290 e. The summed E-state index contributed by atoms with van der Waals surface area (Å²) in [6.45, 7) is 6.09. The number of rotatable bonds is 5. The number of benzene rings is 2. The Kier molecular flexibility index (Phi) is 4.02. The van der Waals surface area contributed by atoms with Crippen LogP contribution in [0.1, 0.15) is 18.9 Å². The Hall–Kier alpha value is -2.22. The van der Waals surface area contributed by atoms with E-state index in [9.17, 15) is 0 Å². The van der Waals surface area contributed by atoms with Gasteiger partial charge in [-0.3, -0.25) is 9.78 Å². The molecule has 0 heterocycles. The van der Waals surface area contributed by atoms with Crippen LogP contribution in [0.4, 0.5) is 0 Å². The smallest absolute Gasteiger partial charge is 0.186 e. The normalized spacial score (nSPS) is 9.83. The van der Waals surface area contributed by atoms with Crippen molar-refractivity contribution in [2.75, 3.05) is 0 Å². The molecule has 0 bridgehead atoms. The van der Waals surface area contributed by atoms with Gasteiger partial charge in [0.15, 0.2) is 11.5 Å². The first-order valence-corrected chi connectivity index (χ1v) is 5.98. The molecule has 2 aromatic carbocycles. The first-order valence-electron chi connectivity index (χ1n) is 5.98. The second-order valence-corrected chi connectivity index (χ2v) is 3.93. The number of para-hydroxylation sites is 2. The first kappa shape index (κ1) is 12.2. The van der Waals surface area contributed by atoms with Gasteiger partial charge in [0.1, 0.15) is 0 Å². The highest BCUT2D eigenvalue weighted by molar-refractivity contribution is 5.68. The van der Waals surface area contributed by atoms with Gasteiger partial charge in [-0.25, -0.2) is 0 Å². The van der Waals surface area contributed by atoms with E-state index in [0.717, 1.165) is 17.6 Å². The van der Waals surface area contributed by atoms with Crippen molar-refractivity contribution in [1.29, 1.82) is 0 Å². The fourth-order valence-corrected chi connectivity index (χ4v) is 1.59. The zero-order valence-corrected chi connectivity index (χ0v) is 10.4. The molecule has 0 aliphatic carbocycles. The van der Waals surface area contributed by atoms with Gasteiger partial charge < -0.3 is 0 Å². The zero-order chi connectivity index (χ0) is 12.8. The lowest BCUT2D eigenvalue weighted by Gasteiger charge is -2.10. The van der Waals surface area contributed by atoms with Gasteiger partial charge in [-0.2, -0.15) is 0 Å². The number of hydrogen-bond donors (Lipinski definition) is 0. The van der Waals surface area contributed by atoms with Crippen molar-refractivity contribution in [2.45, 2.75) is 13.3 Å². The van der Waals surface area contributed by atoms with Crippen molar-refractivity contribution in [2.24, 2.45) is 0 Å². The van der Waals surface area contributed by atoms with Crippen LogP contribution < -0.4 is 9.78 Å². The molecule has 0 N–H and O–H groups in total. The maximum absolute atomic E-state index is 5.39. The van der Waals surface area contributed by atoms with Gasteiger partial charge in [0.05, 0.1) is 0 Å².